The lowest BCUT2D eigenvalue weighted by atomic mass is 10.4. The van der Waals surface area contributed by atoms with Crippen LogP contribution in [0.25, 0.3) is 0 Å². The van der Waals surface area contributed by atoms with Crippen LogP contribution in [0.5, 0.6) is 0 Å². The Morgan fingerprint density at radius 3 is 2.71 bits per heavy atom. The number of carbonyl (C=O) groups excluding carboxylic acids is 1. The molecule has 0 radical (unpaired) electrons. The smallest absolute Gasteiger partial charge is 0.120 e. The van der Waals surface area contributed by atoms with Gasteiger partial charge in [-0.3, -0.25) is 0 Å². The van der Waals surface area contributed by atoms with E-state index >= 15 is 0 Å². The molecule has 0 saturated heterocycles. The third kappa shape index (κ3) is 4.07. The maximum absolute atomic E-state index is 10.2. The quantitative estimate of drug-likeness (QED) is 0.466. The van der Waals surface area contributed by atoms with Crippen molar-refractivity contribution in [3.05, 3.63) is 22.7 Å². The van der Waals surface area contributed by atoms with Gasteiger partial charge in [0.25, 0.3) is 0 Å². The predicted octanol–water partition coefficient (Wildman–Crippen LogP) is 3.85. The molecule has 0 unspecified atom stereocenters. The zero-order valence-corrected chi connectivity index (χ0v) is 11.0. The van der Waals surface area contributed by atoms with E-state index in [4.69, 9.17) is 0 Å². The summed E-state index contributed by atoms with van der Waals surface area (Å²) < 4.78 is 1.10. The molecule has 14 heavy (non-hydrogen) atoms. The molecule has 0 aliphatic heterocycles. The van der Waals surface area contributed by atoms with Gasteiger partial charge in [0, 0.05) is 26.4 Å². The van der Waals surface area contributed by atoms with E-state index in [2.05, 4.69) is 40.4 Å². The maximum atomic E-state index is 10.2. The third-order valence-corrected chi connectivity index (χ3v) is 3.76. The van der Waals surface area contributed by atoms with E-state index in [1.807, 2.05) is 0 Å². The highest BCUT2D eigenvalue weighted by molar-refractivity contribution is 9.10. The Morgan fingerprint density at radius 2 is 2.07 bits per heavy atom. The minimum Gasteiger partial charge on any atom is -0.303 e. The summed E-state index contributed by atoms with van der Waals surface area (Å²) in [5.74, 6) is 0.855. The summed E-state index contributed by atoms with van der Waals surface area (Å²) in [6.45, 7) is 0. The molecule has 0 bridgehead atoms. The minimum atomic E-state index is 0.617. The number of thioether (sulfide) groups is 2. The first kappa shape index (κ1) is 12.1. The Hall–Kier alpha value is 0.0700. The van der Waals surface area contributed by atoms with Crippen LogP contribution in [0, 0.1) is 0 Å². The highest BCUT2D eigenvalue weighted by atomic mass is 79.9. The van der Waals surface area contributed by atoms with Crippen LogP contribution in [-0.4, -0.2) is 18.3 Å². The molecule has 1 nitrogen and oxygen atoms in total. The summed E-state index contributed by atoms with van der Waals surface area (Å²) in [7, 11) is 0. The van der Waals surface area contributed by atoms with Crippen LogP contribution in [0.3, 0.4) is 0 Å². The van der Waals surface area contributed by atoms with Gasteiger partial charge in [0.15, 0.2) is 0 Å². The van der Waals surface area contributed by atoms with Gasteiger partial charge in [-0.05, 0) is 24.5 Å². The number of halogens is 1. The van der Waals surface area contributed by atoms with Gasteiger partial charge in [-0.25, -0.2) is 0 Å². The molecule has 0 saturated carbocycles. The molecule has 76 valence electrons. The molecule has 0 atom stereocenters. The zero-order valence-electron chi connectivity index (χ0n) is 7.83. The summed E-state index contributed by atoms with van der Waals surface area (Å²) in [4.78, 5) is 12.6. The van der Waals surface area contributed by atoms with Gasteiger partial charge in [-0.2, -0.15) is 0 Å². The van der Waals surface area contributed by atoms with Gasteiger partial charge < -0.3 is 4.79 Å². The van der Waals surface area contributed by atoms with Crippen molar-refractivity contribution >= 4 is 45.7 Å². The lowest BCUT2D eigenvalue weighted by Crippen LogP contribution is -1.81. The number of rotatable bonds is 5. The average Bonchev–Trinajstić information content (AvgIpc) is 2.17. The van der Waals surface area contributed by atoms with Crippen LogP contribution in [0.4, 0.5) is 0 Å². The second kappa shape index (κ2) is 6.53. The van der Waals surface area contributed by atoms with E-state index in [0.717, 1.165) is 16.5 Å². The summed E-state index contributed by atoms with van der Waals surface area (Å²) in [6, 6.07) is 6.31. The molecule has 1 aromatic carbocycles. The molecule has 0 aliphatic rings. The van der Waals surface area contributed by atoms with Gasteiger partial charge in [0.05, 0.1) is 0 Å². The summed E-state index contributed by atoms with van der Waals surface area (Å²) in [6.07, 6.45) is 3.63. The number of benzene rings is 1. The summed E-state index contributed by atoms with van der Waals surface area (Å²) >= 11 is 6.90. The fourth-order valence-corrected chi connectivity index (χ4v) is 3.19. The number of hydrogen-bond acceptors (Lipinski definition) is 3. The molecule has 0 aliphatic carbocycles. The molecule has 1 aromatic rings. The molecule has 0 spiro atoms. The predicted molar refractivity (Wildman–Crippen MR) is 67.3 cm³/mol. The summed E-state index contributed by atoms with van der Waals surface area (Å²) in [5, 5.41) is 0. The zero-order chi connectivity index (χ0) is 10.4. The van der Waals surface area contributed by atoms with E-state index in [1.54, 1.807) is 23.5 Å². The van der Waals surface area contributed by atoms with Crippen molar-refractivity contribution in [2.24, 2.45) is 0 Å². The Balaban J connectivity index is 2.66. The molecular formula is C10H11BrOS2. The number of hydrogen-bond donors (Lipinski definition) is 0. The van der Waals surface area contributed by atoms with E-state index in [0.29, 0.717) is 6.42 Å². The SMILES string of the molecule is CSc1cc(Br)cc(SCCC=O)c1. The van der Waals surface area contributed by atoms with Crippen molar-refractivity contribution in [1.82, 2.24) is 0 Å². The highest BCUT2D eigenvalue weighted by Crippen LogP contribution is 2.28. The number of aldehydes is 1. The van der Waals surface area contributed by atoms with Gasteiger partial charge in [0.1, 0.15) is 6.29 Å². The Morgan fingerprint density at radius 1 is 1.36 bits per heavy atom. The molecule has 0 amide bonds. The van der Waals surface area contributed by atoms with Crippen molar-refractivity contribution in [2.45, 2.75) is 16.2 Å². The normalized spacial score (nSPS) is 10.1. The first-order chi connectivity index (χ1) is 6.76. The lowest BCUT2D eigenvalue weighted by Gasteiger charge is -2.03. The van der Waals surface area contributed by atoms with Crippen molar-refractivity contribution < 1.29 is 4.79 Å². The Labute approximate surface area is 101 Å². The van der Waals surface area contributed by atoms with Crippen molar-refractivity contribution in [3.8, 4) is 0 Å². The van der Waals surface area contributed by atoms with E-state index < -0.39 is 0 Å². The average molecular weight is 291 g/mol. The monoisotopic (exact) mass is 290 g/mol. The molecule has 0 fully saturated rings. The van der Waals surface area contributed by atoms with Crippen LogP contribution in [0.1, 0.15) is 6.42 Å². The Bertz CT molecular complexity index is 315. The van der Waals surface area contributed by atoms with Crippen LogP contribution < -0.4 is 0 Å². The van der Waals surface area contributed by atoms with Crippen molar-refractivity contribution in [2.75, 3.05) is 12.0 Å². The fourth-order valence-electron chi connectivity index (χ4n) is 0.963. The van der Waals surface area contributed by atoms with E-state index in [1.165, 1.54) is 9.79 Å². The van der Waals surface area contributed by atoms with Crippen LogP contribution >= 0.6 is 39.5 Å². The highest BCUT2D eigenvalue weighted by Gasteiger charge is 1.99. The van der Waals surface area contributed by atoms with E-state index in [-0.39, 0.29) is 0 Å². The second-order valence-electron chi connectivity index (χ2n) is 2.63. The van der Waals surface area contributed by atoms with Crippen LogP contribution in [0.2, 0.25) is 0 Å². The fraction of sp³-hybridized carbons (Fsp3) is 0.300. The lowest BCUT2D eigenvalue weighted by molar-refractivity contribution is -0.107. The van der Waals surface area contributed by atoms with Gasteiger partial charge in [-0.15, -0.1) is 23.5 Å². The summed E-state index contributed by atoms with van der Waals surface area (Å²) in [5.41, 5.74) is 0. The van der Waals surface area contributed by atoms with Gasteiger partial charge in [0.2, 0.25) is 0 Å². The molecule has 0 N–H and O–H groups in total. The molecule has 0 aromatic heterocycles. The van der Waals surface area contributed by atoms with E-state index in [9.17, 15) is 4.79 Å². The first-order valence-corrected chi connectivity index (χ1v) is 7.17. The van der Waals surface area contributed by atoms with Crippen molar-refractivity contribution in [3.63, 3.8) is 0 Å². The largest absolute Gasteiger partial charge is 0.303 e. The van der Waals surface area contributed by atoms with Crippen LogP contribution in [-0.2, 0) is 4.79 Å². The molecule has 0 heterocycles. The number of carbonyl (C=O) groups is 1. The topological polar surface area (TPSA) is 17.1 Å². The minimum absolute atomic E-state index is 0.617. The Kier molecular flexibility index (Phi) is 5.67. The van der Waals surface area contributed by atoms with Crippen LogP contribution in [0.15, 0.2) is 32.5 Å². The molecule has 1 rings (SSSR count). The molecular weight excluding hydrogens is 280 g/mol. The van der Waals surface area contributed by atoms with Gasteiger partial charge in [-0.1, -0.05) is 15.9 Å². The first-order valence-electron chi connectivity index (χ1n) is 4.17. The maximum Gasteiger partial charge on any atom is 0.120 e. The van der Waals surface area contributed by atoms with Gasteiger partial charge >= 0.3 is 0 Å². The molecule has 4 heteroatoms. The van der Waals surface area contributed by atoms with Crippen molar-refractivity contribution in [1.29, 1.82) is 0 Å². The third-order valence-electron chi connectivity index (χ3n) is 1.58. The second-order valence-corrected chi connectivity index (χ2v) is 5.59. The standard InChI is InChI=1S/C10H11BrOS2/c1-13-9-5-8(11)6-10(7-9)14-4-2-3-12/h3,5-7H,2,4H2,1H3.